The van der Waals surface area contributed by atoms with Crippen molar-refractivity contribution in [2.75, 3.05) is 6.61 Å². The second kappa shape index (κ2) is 13.2. The minimum Gasteiger partial charge on any atom is -0.461 e. The highest BCUT2D eigenvalue weighted by molar-refractivity contribution is 7.36. The molecule has 1 aromatic heterocycles. The first-order valence-corrected chi connectivity index (χ1v) is 14.6. The van der Waals surface area contributed by atoms with E-state index in [9.17, 15) is 24.1 Å². The standard InChI is InChI=1S/C26H35FN3O9P/c1-3-19(23(33)37-17-10-6-4-7-11-17)30(40(35)39-18-12-8-5-9-13-18)36-16-20-22(32)26(2,27)24(38-20)29-15-14-21(31)28-25(29)34/h5,8-9,12-15,17,19-20,22,24,32,40H,3-4,6-7,10-11,16H2,1-2H3,(H,28,31,34)/t19?,20-,22-,24-,26-/m1/s1. The summed E-state index contributed by atoms with van der Waals surface area (Å²) < 4.78 is 46.8. The summed E-state index contributed by atoms with van der Waals surface area (Å²) in [6.45, 7) is 2.21. The number of ether oxygens (including phenoxy) is 2. The lowest BCUT2D eigenvalue weighted by molar-refractivity contribution is -0.187. The molecule has 2 aliphatic rings. The topological polar surface area (TPSA) is 149 Å². The van der Waals surface area contributed by atoms with Gasteiger partial charge in [-0.3, -0.25) is 28.5 Å². The van der Waals surface area contributed by atoms with E-state index in [2.05, 4.69) is 0 Å². The molecule has 1 saturated carbocycles. The molecule has 1 aliphatic heterocycles. The SMILES string of the molecule is CCC(C(=O)OC1CCCCC1)N(OC[C@H]1O[C@@H](n2ccc(=O)[nH]c2=O)[C@](C)(F)[C@@H]1O)[PH](=O)Oc1ccccc1. The Kier molecular flexibility index (Phi) is 9.96. The molecule has 0 bridgehead atoms. The van der Waals surface area contributed by atoms with Gasteiger partial charge in [-0.15, -0.1) is 0 Å². The fraction of sp³-hybridized carbons (Fsp3) is 0.577. The molecule has 14 heteroatoms. The van der Waals surface area contributed by atoms with Crippen LogP contribution in [0.5, 0.6) is 5.75 Å². The van der Waals surface area contributed by atoms with Gasteiger partial charge in [0.25, 0.3) is 5.56 Å². The van der Waals surface area contributed by atoms with Gasteiger partial charge in [0.2, 0.25) is 0 Å². The fourth-order valence-electron chi connectivity index (χ4n) is 4.87. The number of aliphatic hydroxyl groups excluding tert-OH is 1. The lowest BCUT2D eigenvalue weighted by Gasteiger charge is -2.30. The average molecular weight is 584 g/mol. The van der Waals surface area contributed by atoms with Gasteiger partial charge < -0.3 is 19.1 Å². The maximum absolute atomic E-state index is 15.6. The second-order valence-corrected chi connectivity index (χ2v) is 11.2. The zero-order chi connectivity index (χ0) is 28.9. The molecular formula is C26H35FN3O9P. The van der Waals surface area contributed by atoms with Gasteiger partial charge in [0.15, 0.2) is 11.9 Å². The van der Waals surface area contributed by atoms with Gasteiger partial charge in [0.05, 0.1) is 6.61 Å². The van der Waals surface area contributed by atoms with Crippen LogP contribution in [0.2, 0.25) is 0 Å². The van der Waals surface area contributed by atoms with E-state index in [1.165, 1.54) is 0 Å². The number of hydrogen-bond acceptors (Lipinski definition) is 9. The van der Waals surface area contributed by atoms with Gasteiger partial charge in [-0.2, -0.15) is 0 Å². The molecule has 0 spiro atoms. The average Bonchev–Trinajstić information content (AvgIpc) is 3.15. The monoisotopic (exact) mass is 583 g/mol. The molecule has 2 fully saturated rings. The molecule has 2 unspecified atom stereocenters. The van der Waals surface area contributed by atoms with Crippen molar-refractivity contribution in [3.63, 3.8) is 0 Å². The van der Waals surface area contributed by atoms with Crippen LogP contribution in [-0.4, -0.2) is 62.1 Å². The predicted octanol–water partition coefficient (Wildman–Crippen LogP) is 2.88. The minimum atomic E-state index is -3.25. The number of nitrogens with one attached hydrogen (secondary N) is 1. The van der Waals surface area contributed by atoms with Crippen molar-refractivity contribution < 1.29 is 37.7 Å². The van der Waals surface area contributed by atoms with E-state index < -0.39 is 62.2 Å². The number of hydroxylamine groups is 1. The zero-order valence-electron chi connectivity index (χ0n) is 22.4. The van der Waals surface area contributed by atoms with E-state index >= 15 is 4.39 Å². The molecule has 6 atom stereocenters. The van der Waals surface area contributed by atoms with Crippen molar-refractivity contribution in [3.8, 4) is 5.75 Å². The highest BCUT2D eigenvalue weighted by Gasteiger charge is 2.55. The summed E-state index contributed by atoms with van der Waals surface area (Å²) in [6, 6.07) is 8.22. The second-order valence-electron chi connectivity index (χ2n) is 10.1. The van der Waals surface area contributed by atoms with Crippen LogP contribution in [0.15, 0.2) is 52.2 Å². The molecule has 0 radical (unpaired) electrons. The molecule has 1 aromatic carbocycles. The Bertz CT molecular complexity index is 1280. The van der Waals surface area contributed by atoms with Crippen molar-refractivity contribution in [1.82, 2.24) is 14.4 Å². The lowest BCUT2D eigenvalue weighted by atomic mass is 9.98. The van der Waals surface area contributed by atoms with E-state index in [0.29, 0.717) is 0 Å². The lowest BCUT2D eigenvalue weighted by Crippen LogP contribution is -2.45. The minimum absolute atomic E-state index is 0.157. The largest absolute Gasteiger partial charge is 0.461 e. The number of alkyl halides is 1. The van der Waals surface area contributed by atoms with Crippen molar-refractivity contribution in [2.24, 2.45) is 0 Å². The van der Waals surface area contributed by atoms with E-state index in [0.717, 1.165) is 60.7 Å². The molecule has 40 heavy (non-hydrogen) atoms. The van der Waals surface area contributed by atoms with Crippen LogP contribution in [0, 0.1) is 0 Å². The van der Waals surface area contributed by atoms with Crippen molar-refractivity contribution in [2.45, 2.75) is 88.6 Å². The summed E-state index contributed by atoms with van der Waals surface area (Å²) in [6.07, 6.45) is 0.706. The number of nitrogens with zero attached hydrogens (tertiary/aromatic N) is 2. The third-order valence-corrected chi connectivity index (χ3v) is 8.31. The van der Waals surface area contributed by atoms with Crippen LogP contribution in [0.3, 0.4) is 0 Å². The summed E-state index contributed by atoms with van der Waals surface area (Å²) in [5.74, 6) is -0.355. The zero-order valence-corrected chi connectivity index (χ0v) is 23.4. The highest BCUT2D eigenvalue weighted by Crippen LogP contribution is 2.42. The highest BCUT2D eigenvalue weighted by atomic mass is 31.1. The molecule has 2 aromatic rings. The van der Waals surface area contributed by atoms with Gasteiger partial charge in [-0.25, -0.2) is 9.18 Å². The maximum atomic E-state index is 15.6. The molecule has 220 valence electrons. The van der Waals surface area contributed by atoms with E-state index in [1.54, 1.807) is 37.3 Å². The van der Waals surface area contributed by atoms with E-state index in [-0.39, 0.29) is 18.3 Å². The summed E-state index contributed by atoms with van der Waals surface area (Å²) >= 11 is 0. The number of benzene rings is 1. The number of hydrogen-bond donors (Lipinski definition) is 2. The number of para-hydroxylation sites is 1. The van der Waals surface area contributed by atoms with Crippen LogP contribution < -0.4 is 15.8 Å². The van der Waals surface area contributed by atoms with Crippen molar-refractivity contribution in [1.29, 1.82) is 0 Å². The first kappa shape index (κ1) is 30.1. The van der Waals surface area contributed by atoms with Gasteiger partial charge in [0, 0.05) is 12.3 Å². The molecule has 1 aliphatic carbocycles. The normalized spacial score (nSPS) is 26.9. The molecule has 4 rings (SSSR count). The number of aliphatic hydroxyl groups is 1. The van der Waals surface area contributed by atoms with Gasteiger partial charge in [-0.05, 0) is 51.2 Å². The predicted molar refractivity (Wildman–Crippen MR) is 142 cm³/mol. The Balaban J connectivity index is 1.53. The Labute approximate surface area is 230 Å². The number of carbonyl (C=O) groups excluding carboxylic acids is 1. The maximum Gasteiger partial charge on any atom is 0.331 e. The number of carbonyl (C=O) groups is 1. The summed E-state index contributed by atoms with van der Waals surface area (Å²) in [4.78, 5) is 45.6. The van der Waals surface area contributed by atoms with Crippen LogP contribution >= 0.6 is 8.18 Å². The van der Waals surface area contributed by atoms with Gasteiger partial charge in [-0.1, -0.05) is 36.4 Å². The molecule has 2 N–H and O–H groups in total. The Morgan fingerprint density at radius 3 is 2.60 bits per heavy atom. The van der Waals surface area contributed by atoms with E-state index in [1.807, 2.05) is 4.98 Å². The van der Waals surface area contributed by atoms with Crippen LogP contribution in [-0.2, 0) is 23.7 Å². The number of aromatic nitrogens is 2. The quantitative estimate of drug-likeness (QED) is 0.230. The van der Waals surface area contributed by atoms with Crippen LogP contribution in [0.1, 0.15) is 58.6 Å². The number of H-pyrrole nitrogens is 1. The summed E-state index contributed by atoms with van der Waals surface area (Å²) in [7, 11) is -3.25. The summed E-state index contributed by atoms with van der Waals surface area (Å²) in [5, 5.41) is 10.7. The third-order valence-electron chi connectivity index (χ3n) is 7.10. The molecule has 12 nitrogen and oxygen atoms in total. The van der Waals surface area contributed by atoms with Crippen molar-refractivity contribution >= 4 is 14.1 Å². The van der Waals surface area contributed by atoms with Gasteiger partial charge >= 0.3 is 19.8 Å². The van der Waals surface area contributed by atoms with Gasteiger partial charge in [0.1, 0.15) is 30.1 Å². The molecule has 0 amide bonds. The first-order chi connectivity index (χ1) is 19.1. The number of rotatable bonds is 11. The molecule has 2 heterocycles. The number of aromatic amines is 1. The Hall–Kier alpha value is -2.83. The van der Waals surface area contributed by atoms with Crippen molar-refractivity contribution in [3.05, 3.63) is 63.4 Å². The molecule has 1 saturated heterocycles. The third kappa shape index (κ3) is 6.90. The van der Waals surface area contributed by atoms with Crippen LogP contribution in [0.25, 0.3) is 0 Å². The number of esters is 1. The van der Waals surface area contributed by atoms with E-state index in [4.69, 9.17) is 18.8 Å². The fourth-order valence-corrected chi connectivity index (χ4v) is 6.02. The summed E-state index contributed by atoms with van der Waals surface area (Å²) in [5.41, 5.74) is -4.06. The van der Waals surface area contributed by atoms with Crippen LogP contribution in [0.4, 0.5) is 4.39 Å². The Morgan fingerprint density at radius 1 is 1.25 bits per heavy atom. The molecular weight excluding hydrogens is 548 g/mol. The first-order valence-electron chi connectivity index (χ1n) is 13.3. The smallest absolute Gasteiger partial charge is 0.331 e. The Morgan fingerprint density at radius 2 is 1.95 bits per heavy atom. The number of halogens is 1.